The first kappa shape index (κ1) is 26.5. The highest BCUT2D eigenvalue weighted by Gasteiger charge is 2.31. The predicted octanol–water partition coefficient (Wildman–Crippen LogP) is 5.90. The molecule has 1 unspecified atom stereocenters. The van der Waals surface area contributed by atoms with Crippen molar-refractivity contribution in [2.24, 2.45) is 0 Å². The molecular formula is C25H25F4N3O2S. The third-order valence-electron chi connectivity index (χ3n) is 4.92. The van der Waals surface area contributed by atoms with E-state index in [0.29, 0.717) is 17.7 Å². The number of hydrogen-bond donors (Lipinski definition) is 2. The van der Waals surface area contributed by atoms with Gasteiger partial charge in [0.2, 0.25) is 5.91 Å². The second-order valence-corrected chi connectivity index (χ2v) is 8.66. The summed E-state index contributed by atoms with van der Waals surface area (Å²) < 4.78 is 60.4. The molecule has 2 N–H and O–H groups in total. The van der Waals surface area contributed by atoms with E-state index in [4.69, 9.17) is 4.74 Å². The number of hydrogen-bond acceptors (Lipinski definition) is 5. The summed E-state index contributed by atoms with van der Waals surface area (Å²) in [5.74, 6) is -0.0398. The molecule has 2 aromatic carbocycles. The monoisotopic (exact) mass is 507 g/mol. The first-order valence-electron chi connectivity index (χ1n) is 10.9. The second kappa shape index (κ2) is 12.6. The van der Waals surface area contributed by atoms with Gasteiger partial charge in [-0.05, 0) is 66.4 Å². The van der Waals surface area contributed by atoms with Gasteiger partial charge in [0.1, 0.15) is 18.2 Å². The van der Waals surface area contributed by atoms with E-state index >= 15 is 0 Å². The van der Waals surface area contributed by atoms with Crippen molar-refractivity contribution in [2.45, 2.75) is 50.0 Å². The lowest BCUT2D eigenvalue weighted by molar-refractivity contribution is -0.137. The fraction of sp³-hybridized carbons (Fsp3) is 0.280. The Hall–Kier alpha value is -3.11. The van der Waals surface area contributed by atoms with Crippen molar-refractivity contribution in [3.63, 3.8) is 0 Å². The lowest BCUT2D eigenvalue weighted by atomic mass is 10.1. The third kappa shape index (κ3) is 8.56. The molecule has 1 amide bonds. The highest BCUT2D eigenvalue weighted by molar-refractivity contribution is 7.97. The molecule has 0 radical (unpaired) electrons. The van der Waals surface area contributed by atoms with Gasteiger partial charge in [0.15, 0.2) is 0 Å². The lowest BCUT2D eigenvalue weighted by Crippen LogP contribution is -2.41. The molecule has 0 fully saturated rings. The Bertz CT molecular complexity index is 1110. The number of alkyl halides is 3. The van der Waals surface area contributed by atoms with Crippen molar-refractivity contribution in [1.82, 2.24) is 15.0 Å². The van der Waals surface area contributed by atoms with Gasteiger partial charge in [-0.2, -0.15) is 13.2 Å². The van der Waals surface area contributed by atoms with Crippen LogP contribution in [0.25, 0.3) is 0 Å². The molecule has 0 aliphatic carbocycles. The van der Waals surface area contributed by atoms with Gasteiger partial charge >= 0.3 is 6.18 Å². The summed E-state index contributed by atoms with van der Waals surface area (Å²) >= 11 is 1.26. The van der Waals surface area contributed by atoms with Gasteiger partial charge in [0.05, 0.1) is 11.6 Å². The first-order valence-corrected chi connectivity index (χ1v) is 11.7. The quantitative estimate of drug-likeness (QED) is 0.250. The van der Waals surface area contributed by atoms with Crippen LogP contribution in [-0.2, 0) is 24.1 Å². The van der Waals surface area contributed by atoms with Crippen molar-refractivity contribution in [3.05, 3.63) is 89.5 Å². The number of nitrogens with one attached hydrogen (secondary N) is 2. The van der Waals surface area contributed by atoms with Crippen molar-refractivity contribution in [2.75, 3.05) is 0 Å². The Morgan fingerprint density at radius 1 is 1.09 bits per heavy atom. The molecule has 186 valence electrons. The largest absolute Gasteiger partial charge is 0.489 e. The van der Waals surface area contributed by atoms with E-state index in [9.17, 15) is 22.4 Å². The van der Waals surface area contributed by atoms with Gasteiger partial charge in [0, 0.05) is 29.4 Å². The van der Waals surface area contributed by atoms with Crippen LogP contribution in [0.5, 0.6) is 5.75 Å². The maximum atomic E-state index is 13.1. The Kier molecular flexibility index (Phi) is 9.50. The Balaban J connectivity index is 1.53. The van der Waals surface area contributed by atoms with Crippen LogP contribution in [0, 0.1) is 5.82 Å². The van der Waals surface area contributed by atoms with E-state index in [0.717, 1.165) is 29.1 Å². The van der Waals surface area contributed by atoms with Crippen LogP contribution < -0.4 is 14.8 Å². The van der Waals surface area contributed by atoms with Crippen LogP contribution >= 0.6 is 11.9 Å². The van der Waals surface area contributed by atoms with Crippen LogP contribution in [0.2, 0.25) is 0 Å². The minimum Gasteiger partial charge on any atom is -0.489 e. The van der Waals surface area contributed by atoms with Gasteiger partial charge in [-0.1, -0.05) is 25.5 Å². The normalized spacial score (nSPS) is 12.3. The Labute approximate surface area is 205 Å². The van der Waals surface area contributed by atoms with E-state index in [1.54, 1.807) is 30.3 Å². The molecule has 10 heteroatoms. The molecule has 5 nitrogen and oxygen atoms in total. The fourth-order valence-electron chi connectivity index (χ4n) is 3.12. The molecule has 1 heterocycles. The third-order valence-corrected chi connectivity index (χ3v) is 5.83. The average molecular weight is 508 g/mol. The maximum Gasteiger partial charge on any atom is 0.417 e. The van der Waals surface area contributed by atoms with E-state index in [1.807, 2.05) is 13.0 Å². The van der Waals surface area contributed by atoms with E-state index in [2.05, 4.69) is 15.0 Å². The van der Waals surface area contributed by atoms with E-state index < -0.39 is 17.8 Å². The van der Waals surface area contributed by atoms with Crippen LogP contribution in [0.4, 0.5) is 17.6 Å². The number of benzene rings is 2. The van der Waals surface area contributed by atoms with Gasteiger partial charge in [0.25, 0.3) is 0 Å². The highest BCUT2D eigenvalue weighted by Crippen LogP contribution is 2.29. The second-order valence-electron chi connectivity index (χ2n) is 7.75. The molecule has 3 aromatic rings. The van der Waals surface area contributed by atoms with Crippen molar-refractivity contribution < 1.29 is 27.1 Å². The smallest absolute Gasteiger partial charge is 0.417 e. The summed E-state index contributed by atoms with van der Waals surface area (Å²) in [4.78, 5) is 17.1. The molecule has 1 aromatic heterocycles. The molecule has 1 atom stereocenters. The van der Waals surface area contributed by atoms with Gasteiger partial charge in [-0.3, -0.25) is 9.78 Å². The number of pyridine rings is 1. The first-order chi connectivity index (χ1) is 16.7. The molecule has 3 rings (SSSR count). The maximum absolute atomic E-state index is 13.1. The number of carbonyl (C=O) groups excluding carboxylic acids is 1. The van der Waals surface area contributed by atoms with Crippen molar-refractivity contribution in [3.8, 4) is 5.75 Å². The molecule has 0 aliphatic heterocycles. The fourth-order valence-corrected chi connectivity index (χ4v) is 3.90. The summed E-state index contributed by atoms with van der Waals surface area (Å²) in [5.41, 5.74) is 0.244. The number of aromatic nitrogens is 1. The molecular weight excluding hydrogens is 482 g/mol. The summed E-state index contributed by atoms with van der Waals surface area (Å²) in [7, 11) is 0. The molecule has 0 saturated carbocycles. The summed E-state index contributed by atoms with van der Waals surface area (Å²) in [6.07, 6.45) is -0.962. The number of carbonyl (C=O) groups is 1. The average Bonchev–Trinajstić information content (AvgIpc) is 2.85. The van der Waals surface area contributed by atoms with E-state index in [-0.39, 0.29) is 24.9 Å². The Morgan fingerprint density at radius 2 is 1.86 bits per heavy atom. The van der Waals surface area contributed by atoms with Gasteiger partial charge < -0.3 is 10.1 Å². The number of amides is 1. The lowest BCUT2D eigenvalue weighted by Gasteiger charge is -2.17. The van der Waals surface area contributed by atoms with Crippen molar-refractivity contribution >= 4 is 17.9 Å². The summed E-state index contributed by atoms with van der Waals surface area (Å²) in [5, 5.41) is 2.89. The van der Waals surface area contributed by atoms with Crippen LogP contribution in [0.1, 0.15) is 36.5 Å². The molecule has 0 aliphatic rings. The molecule has 35 heavy (non-hydrogen) atoms. The minimum atomic E-state index is -4.47. The van der Waals surface area contributed by atoms with Gasteiger partial charge in [-0.25, -0.2) is 9.11 Å². The van der Waals surface area contributed by atoms with Gasteiger partial charge in [-0.15, -0.1) is 0 Å². The highest BCUT2D eigenvalue weighted by atomic mass is 32.2. The number of rotatable bonds is 11. The summed E-state index contributed by atoms with van der Waals surface area (Å²) in [6, 6.07) is 13.5. The number of ether oxygens (including phenoxy) is 1. The number of nitrogens with zero attached hydrogens (tertiary/aromatic N) is 1. The summed E-state index contributed by atoms with van der Waals surface area (Å²) in [6.45, 7) is 2.16. The predicted molar refractivity (Wildman–Crippen MR) is 126 cm³/mol. The molecule has 0 spiro atoms. The van der Waals surface area contributed by atoms with Crippen molar-refractivity contribution in [1.29, 1.82) is 0 Å². The zero-order chi connectivity index (χ0) is 25.3. The standard InChI is InChI=1S/C25H25F4N3O2S/c1-2-4-23(32-35-22-9-7-20(26)8-10-22)24(33)31-14-17-5-3-6-21(12-17)34-16-18-11-19(15-30-13-18)25(27,28)29/h3,5-13,15,23,32H,2,4,14,16H2,1H3,(H,31,33). The zero-order valence-corrected chi connectivity index (χ0v) is 19.8. The number of halogens is 4. The topological polar surface area (TPSA) is 63.2 Å². The van der Waals surface area contributed by atoms with Crippen LogP contribution in [0.3, 0.4) is 0 Å². The minimum absolute atomic E-state index is 0.0736. The SMILES string of the molecule is CCCC(NSc1ccc(F)cc1)C(=O)NCc1cccc(OCc2cncc(C(F)(F)F)c2)c1. The zero-order valence-electron chi connectivity index (χ0n) is 18.9. The van der Waals surface area contributed by atoms with Crippen LogP contribution in [0.15, 0.2) is 71.9 Å². The molecule has 0 bridgehead atoms. The molecule has 0 saturated heterocycles. The van der Waals surface area contributed by atoms with E-state index in [1.165, 1.54) is 30.3 Å². The van der Waals surface area contributed by atoms with Crippen LogP contribution in [-0.4, -0.2) is 16.9 Å². The Morgan fingerprint density at radius 3 is 2.57 bits per heavy atom.